The Morgan fingerprint density at radius 1 is 1.14 bits per heavy atom. The molecule has 114 valence electrons. The van der Waals surface area contributed by atoms with Gasteiger partial charge in [-0.2, -0.15) is 0 Å². The fourth-order valence-electron chi connectivity index (χ4n) is 2.66. The van der Waals surface area contributed by atoms with Gasteiger partial charge in [0.25, 0.3) is 0 Å². The predicted octanol–water partition coefficient (Wildman–Crippen LogP) is 3.10. The van der Waals surface area contributed by atoms with Crippen LogP contribution in [0.4, 0.5) is 0 Å². The van der Waals surface area contributed by atoms with Crippen molar-refractivity contribution in [3.8, 4) is 0 Å². The first-order valence-electron chi connectivity index (χ1n) is 7.07. The smallest absolute Gasteiger partial charge is 0.175 e. The van der Waals surface area contributed by atoms with Crippen molar-refractivity contribution in [2.45, 2.75) is 25.3 Å². The lowest BCUT2D eigenvalue weighted by atomic mass is 10.1. The third-order valence-electron chi connectivity index (χ3n) is 3.93. The molecule has 0 radical (unpaired) electrons. The summed E-state index contributed by atoms with van der Waals surface area (Å²) in [6.45, 7) is 4.68. The van der Waals surface area contributed by atoms with Crippen molar-refractivity contribution in [1.82, 2.24) is 9.55 Å². The van der Waals surface area contributed by atoms with Gasteiger partial charge in [-0.15, -0.1) is 0 Å². The van der Waals surface area contributed by atoms with Gasteiger partial charge in [-0.1, -0.05) is 6.07 Å². The highest BCUT2D eigenvalue weighted by molar-refractivity contribution is 7.90. The Hall–Kier alpha value is -2.14. The Kier molecular flexibility index (Phi) is 3.53. The summed E-state index contributed by atoms with van der Waals surface area (Å²) in [7, 11) is -3.17. The molecule has 0 N–H and O–H groups in total. The Balaban J connectivity index is 2.04. The molecule has 0 atom stereocenters. The molecular weight excluding hydrogens is 296 g/mol. The van der Waals surface area contributed by atoms with E-state index in [-0.39, 0.29) is 0 Å². The van der Waals surface area contributed by atoms with Crippen molar-refractivity contribution in [3.63, 3.8) is 0 Å². The minimum Gasteiger partial charge on any atom is -0.325 e. The monoisotopic (exact) mass is 314 g/mol. The first-order valence-corrected chi connectivity index (χ1v) is 8.96. The van der Waals surface area contributed by atoms with Crippen molar-refractivity contribution in [2.75, 3.05) is 6.26 Å². The highest BCUT2D eigenvalue weighted by atomic mass is 32.2. The first kappa shape index (κ1) is 14.8. The summed E-state index contributed by atoms with van der Waals surface area (Å²) in [5.41, 5.74) is 4.16. The van der Waals surface area contributed by atoms with Gasteiger partial charge in [0.2, 0.25) is 0 Å². The molecule has 0 spiro atoms. The molecule has 2 aromatic heterocycles. The molecule has 1 aromatic carbocycles. The van der Waals surface area contributed by atoms with Crippen LogP contribution in [0, 0.1) is 13.8 Å². The van der Waals surface area contributed by atoms with Crippen LogP contribution in [0.3, 0.4) is 0 Å². The Bertz CT molecular complexity index is 956. The van der Waals surface area contributed by atoms with E-state index in [1.54, 1.807) is 18.3 Å². The lowest BCUT2D eigenvalue weighted by Crippen LogP contribution is -2.05. The normalized spacial score (nSPS) is 12.0. The van der Waals surface area contributed by atoms with E-state index in [0.29, 0.717) is 11.4 Å². The number of benzene rings is 1. The molecule has 0 aliphatic carbocycles. The van der Waals surface area contributed by atoms with E-state index < -0.39 is 9.84 Å². The highest BCUT2D eigenvalue weighted by Crippen LogP contribution is 2.21. The molecule has 3 aromatic rings. The van der Waals surface area contributed by atoms with Gasteiger partial charge in [0.1, 0.15) is 5.65 Å². The minimum atomic E-state index is -3.17. The largest absolute Gasteiger partial charge is 0.325 e. The summed E-state index contributed by atoms with van der Waals surface area (Å²) in [6, 6.07) is 11.4. The molecule has 0 saturated carbocycles. The van der Waals surface area contributed by atoms with Crippen LogP contribution in [0.25, 0.3) is 11.0 Å². The van der Waals surface area contributed by atoms with E-state index in [4.69, 9.17) is 0 Å². The summed E-state index contributed by atoms with van der Waals surface area (Å²) >= 11 is 0. The number of aryl methyl sites for hydroxylation is 2. The van der Waals surface area contributed by atoms with E-state index >= 15 is 0 Å². The highest BCUT2D eigenvalue weighted by Gasteiger charge is 2.11. The number of nitrogens with zero attached hydrogens (tertiary/aromatic N) is 2. The Morgan fingerprint density at radius 2 is 1.91 bits per heavy atom. The Labute approximate surface area is 130 Å². The number of fused-ring (bicyclic) bond motifs is 1. The van der Waals surface area contributed by atoms with Gasteiger partial charge in [-0.25, -0.2) is 13.4 Å². The van der Waals surface area contributed by atoms with Gasteiger partial charge < -0.3 is 4.57 Å². The number of aromatic nitrogens is 2. The van der Waals surface area contributed by atoms with E-state index in [0.717, 1.165) is 27.9 Å². The van der Waals surface area contributed by atoms with Gasteiger partial charge >= 0.3 is 0 Å². The lowest BCUT2D eigenvalue weighted by Gasteiger charge is -2.11. The molecule has 5 heteroatoms. The second kappa shape index (κ2) is 5.25. The van der Waals surface area contributed by atoms with Crippen molar-refractivity contribution in [1.29, 1.82) is 0 Å². The zero-order valence-electron chi connectivity index (χ0n) is 12.9. The number of sulfone groups is 1. The maximum Gasteiger partial charge on any atom is 0.175 e. The second-order valence-corrected chi connectivity index (χ2v) is 7.66. The van der Waals surface area contributed by atoms with Crippen molar-refractivity contribution >= 4 is 20.9 Å². The van der Waals surface area contributed by atoms with E-state index in [9.17, 15) is 8.42 Å². The standard InChI is InChI=1S/C17H18N2O2S/c1-12-9-16(22(3,20)21)7-6-15(12)11-19-13(2)10-14-5-4-8-18-17(14)19/h4-10H,11H2,1-3H3. The zero-order chi connectivity index (χ0) is 15.9. The molecule has 22 heavy (non-hydrogen) atoms. The van der Waals surface area contributed by atoms with Crippen LogP contribution in [0.15, 0.2) is 47.5 Å². The van der Waals surface area contributed by atoms with Gasteiger partial charge in [0.05, 0.1) is 4.90 Å². The van der Waals surface area contributed by atoms with Crippen molar-refractivity contribution < 1.29 is 8.42 Å². The fraction of sp³-hybridized carbons (Fsp3) is 0.235. The molecule has 0 aliphatic rings. The van der Waals surface area contributed by atoms with Crippen molar-refractivity contribution in [3.05, 3.63) is 59.4 Å². The van der Waals surface area contributed by atoms with Crippen molar-refractivity contribution in [2.24, 2.45) is 0 Å². The summed E-state index contributed by atoms with van der Waals surface area (Å²) in [4.78, 5) is 4.81. The summed E-state index contributed by atoms with van der Waals surface area (Å²) in [5, 5.41) is 1.12. The third-order valence-corrected chi connectivity index (χ3v) is 5.04. The van der Waals surface area contributed by atoms with Crippen LogP contribution in [0.2, 0.25) is 0 Å². The van der Waals surface area contributed by atoms with Gasteiger partial charge in [-0.05, 0) is 55.3 Å². The zero-order valence-corrected chi connectivity index (χ0v) is 13.7. The topological polar surface area (TPSA) is 52.0 Å². The van der Waals surface area contributed by atoms with Gasteiger partial charge in [0, 0.05) is 30.1 Å². The molecule has 4 nitrogen and oxygen atoms in total. The third kappa shape index (κ3) is 2.64. The lowest BCUT2D eigenvalue weighted by molar-refractivity contribution is 0.601. The molecule has 3 rings (SSSR count). The molecule has 0 bridgehead atoms. The summed E-state index contributed by atoms with van der Waals surface area (Å²) < 4.78 is 25.4. The quantitative estimate of drug-likeness (QED) is 0.746. The van der Waals surface area contributed by atoms with Crippen LogP contribution < -0.4 is 0 Å². The fourth-order valence-corrected chi connectivity index (χ4v) is 3.37. The average molecular weight is 314 g/mol. The molecular formula is C17H18N2O2S. The average Bonchev–Trinajstić information content (AvgIpc) is 2.76. The van der Waals surface area contributed by atoms with Crippen LogP contribution in [-0.2, 0) is 16.4 Å². The summed E-state index contributed by atoms with van der Waals surface area (Å²) in [6.07, 6.45) is 3.02. The number of rotatable bonds is 3. The molecule has 0 unspecified atom stereocenters. The van der Waals surface area contributed by atoms with E-state index in [2.05, 4.69) is 22.5 Å². The van der Waals surface area contributed by atoms with Crippen LogP contribution in [0.1, 0.15) is 16.8 Å². The predicted molar refractivity (Wildman–Crippen MR) is 87.9 cm³/mol. The Morgan fingerprint density at radius 3 is 2.59 bits per heavy atom. The molecule has 0 saturated heterocycles. The maximum absolute atomic E-state index is 11.6. The maximum atomic E-state index is 11.6. The minimum absolute atomic E-state index is 0.362. The van der Waals surface area contributed by atoms with Gasteiger partial charge in [0.15, 0.2) is 9.84 Å². The molecule has 0 amide bonds. The summed E-state index contributed by atoms with van der Waals surface area (Å²) in [5.74, 6) is 0. The molecule has 2 heterocycles. The van der Waals surface area contributed by atoms with Crippen LogP contribution in [-0.4, -0.2) is 24.2 Å². The van der Waals surface area contributed by atoms with Crippen LogP contribution >= 0.6 is 0 Å². The molecule has 0 aliphatic heterocycles. The van der Waals surface area contributed by atoms with Crippen LogP contribution in [0.5, 0.6) is 0 Å². The number of hydrogen-bond donors (Lipinski definition) is 0. The molecule has 0 fully saturated rings. The van der Waals surface area contributed by atoms with E-state index in [1.807, 2.05) is 25.1 Å². The van der Waals surface area contributed by atoms with E-state index in [1.165, 1.54) is 6.26 Å². The van der Waals surface area contributed by atoms with Gasteiger partial charge in [-0.3, -0.25) is 0 Å². The number of pyridine rings is 1. The first-order chi connectivity index (χ1) is 10.4. The SMILES string of the molecule is Cc1cc(S(C)(=O)=O)ccc1Cn1c(C)cc2cccnc21. The second-order valence-electron chi connectivity index (χ2n) is 5.65. The number of hydrogen-bond acceptors (Lipinski definition) is 3.